The van der Waals surface area contributed by atoms with Crippen molar-refractivity contribution < 1.29 is 14.3 Å². The van der Waals surface area contributed by atoms with Gasteiger partial charge in [-0.1, -0.05) is 12.1 Å². The lowest BCUT2D eigenvalue weighted by Gasteiger charge is -2.11. The Morgan fingerprint density at radius 1 is 1.33 bits per heavy atom. The number of carbonyl (C=O) groups is 2. The van der Waals surface area contributed by atoms with Crippen LogP contribution >= 0.6 is 0 Å². The second-order valence-electron chi connectivity index (χ2n) is 3.30. The summed E-state index contributed by atoms with van der Waals surface area (Å²) in [6.07, 6.45) is 0. The van der Waals surface area contributed by atoms with E-state index in [1.165, 1.54) is 0 Å². The van der Waals surface area contributed by atoms with E-state index in [2.05, 4.69) is 10.6 Å². The van der Waals surface area contributed by atoms with Gasteiger partial charge in [0.15, 0.2) is 0 Å². The van der Waals surface area contributed by atoms with E-state index in [1.807, 2.05) is 12.3 Å². The third-order valence-corrected chi connectivity index (χ3v) is 2.01. The fourth-order valence-electron chi connectivity index (χ4n) is 1.23. The minimum Gasteiger partial charge on any atom is -0.492 e. The molecular weight excluding hydrogens is 236 g/mol. The number of nitrogens with one attached hydrogen (secondary N) is 3. The molecule has 98 valence electrons. The Bertz CT molecular complexity index is 423. The zero-order chi connectivity index (χ0) is 13.4. The SMILES string of the molecule is CCOc1ccccc1NC(=O)NCC(=O)NN. The van der Waals surface area contributed by atoms with E-state index < -0.39 is 11.9 Å². The summed E-state index contributed by atoms with van der Waals surface area (Å²) in [6.45, 7) is 2.15. The van der Waals surface area contributed by atoms with Gasteiger partial charge in [-0.15, -0.1) is 0 Å². The summed E-state index contributed by atoms with van der Waals surface area (Å²) in [5.41, 5.74) is 2.44. The van der Waals surface area contributed by atoms with Crippen LogP contribution in [0.3, 0.4) is 0 Å². The summed E-state index contributed by atoms with van der Waals surface area (Å²) < 4.78 is 5.34. The molecule has 5 N–H and O–H groups in total. The highest BCUT2D eigenvalue weighted by Gasteiger charge is 2.07. The molecule has 0 saturated heterocycles. The van der Waals surface area contributed by atoms with Crippen LogP contribution in [0, 0.1) is 0 Å². The van der Waals surface area contributed by atoms with Gasteiger partial charge in [0, 0.05) is 0 Å². The Balaban J connectivity index is 2.56. The van der Waals surface area contributed by atoms with E-state index >= 15 is 0 Å². The maximum atomic E-state index is 11.5. The molecular formula is C11H16N4O3. The number of hydrazine groups is 1. The maximum Gasteiger partial charge on any atom is 0.319 e. The average molecular weight is 252 g/mol. The van der Waals surface area contributed by atoms with Crippen molar-refractivity contribution in [2.45, 2.75) is 6.92 Å². The van der Waals surface area contributed by atoms with E-state index in [1.54, 1.807) is 24.3 Å². The second kappa shape index (κ2) is 7.13. The summed E-state index contributed by atoms with van der Waals surface area (Å²) >= 11 is 0. The monoisotopic (exact) mass is 252 g/mol. The first-order valence-corrected chi connectivity index (χ1v) is 5.43. The molecule has 3 amide bonds. The zero-order valence-corrected chi connectivity index (χ0v) is 10.0. The number of amides is 3. The Kier molecular flexibility index (Phi) is 5.46. The van der Waals surface area contributed by atoms with Gasteiger partial charge in [0.2, 0.25) is 0 Å². The molecule has 0 unspecified atom stereocenters. The highest BCUT2D eigenvalue weighted by Crippen LogP contribution is 2.23. The number of rotatable bonds is 5. The van der Waals surface area contributed by atoms with Crippen molar-refractivity contribution >= 4 is 17.6 Å². The van der Waals surface area contributed by atoms with Gasteiger partial charge in [-0.05, 0) is 19.1 Å². The van der Waals surface area contributed by atoms with Crippen LogP contribution in [0.1, 0.15) is 6.92 Å². The highest BCUT2D eigenvalue weighted by molar-refractivity contribution is 5.93. The number of anilines is 1. The predicted molar refractivity (Wildman–Crippen MR) is 67.0 cm³/mol. The smallest absolute Gasteiger partial charge is 0.319 e. The molecule has 0 spiro atoms. The molecule has 0 radical (unpaired) electrons. The van der Waals surface area contributed by atoms with Gasteiger partial charge in [0.05, 0.1) is 18.8 Å². The van der Waals surface area contributed by atoms with E-state index in [-0.39, 0.29) is 6.54 Å². The van der Waals surface area contributed by atoms with Crippen LogP contribution in [-0.2, 0) is 4.79 Å². The Labute approximate surface area is 105 Å². The van der Waals surface area contributed by atoms with Gasteiger partial charge in [-0.3, -0.25) is 10.2 Å². The molecule has 0 heterocycles. The lowest BCUT2D eigenvalue weighted by molar-refractivity contribution is -0.120. The topological polar surface area (TPSA) is 105 Å². The molecule has 18 heavy (non-hydrogen) atoms. The lowest BCUT2D eigenvalue weighted by atomic mass is 10.3. The third-order valence-electron chi connectivity index (χ3n) is 2.01. The molecule has 0 bridgehead atoms. The van der Waals surface area contributed by atoms with E-state index in [0.717, 1.165) is 0 Å². The number of para-hydroxylation sites is 2. The first kappa shape index (κ1) is 13.8. The average Bonchev–Trinajstić information content (AvgIpc) is 2.38. The number of urea groups is 1. The van der Waals surface area contributed by atoms with Crippen LogP contribution in [-0.4, -0.2) is 25.1 Å². The van der Waals surface area contributed by atoms with Crippen molar-refractivity contribution in [1.82, 2.24) is 10.7 Å². The van der Waals surface area contributed by atoms with Gasteiger partial charge in [-0.25, -0.2) is 10.6 Å². The third kappa shape index (κ3) is 4.30. The molecule has 0 aromatic heterocycles. The van der Waals surface area contributed by atoms with Crippen LogP contribution in [0.5, 0.6) is 5.75 Å². The lowest BCUT2D eigenvalue weighted by Crippen LogP contribution is -2.41. The molecule has 0 aliphatic heterocycles. The van der Waals surface area contributed by atoms with Crippen molar-refractivity contribution in [3.8, 4) is 5.75 Å². The Morgan fingerprint density at radius 2 is 2.06 bits per heavy atom. The quantitative estimate of drug-likeness (QED) is 0.341. The Hall–Kier alpha value is -2.28. The molecule has 7 nitrogen and oxygen atoms in total. The van der Waals surface area contributed by atoms with Crippen molar-refractivity contribution in [3.63, 3.8) is 0 Å². The molecule has 7 heteroatoms. The fourth-order valence-corrected chi connectivity index (χ4v) is 1.23. The van der Waals surface area contributed by atoms with Gasteiger partial charge in [0.1, 0.15) is 5.75 Å². The fraction of sp³-hybridized carbons (Fsp3) is 0.273. The van der Waals surface area contributed by atoms with Crippen LogP contribution in [0.25, 0.3) is 0 Å². The number of carbonyl (C=O) groups excluding carboxylic acids is 2. The van der Waals surface area contributed by atoms with Gasteiger partial charge in [0.25, 0.3) is 5.91 Å². The number of ether oxygens (including phenoxy) is 1. The standard InChI is InChI=1S/C11H16N4O3/c1-2-18-9-6-4-3-5-8(9)14-11(17)13-7-10(16)15-12/h3-6H,2,7,12H2,1H3,(H,15,16)(H2,13,14,17). The largest absolute Gasteiger partial charge is 0.492 e. The van der Waals surface area contributed by atoms with Gasteiger partial charge >= 0.3 is 6.03 Å². The molecule has 0 aliphatic carbocycles. The first-order chi connectivity index (χ1) is 8.67. The van der Waals surface area contributed by atoms with E-state index in [9.17, 15) is 9.59 Å². The molecule has 0 atom stereocenters. The predicted octanol–water partition coefficient (Wildman–Crippen LogP) is 0.197. The van der Waals surface area contributed by atoms with Crippen LogP contribution < -0.4 is 26.6 Å². The summed E-state index contributed by atoms with van der Waals surface area (Å²) in [5.74, 6) is 4.97. The van der Waals surface area contributed by atoms with Crippen LogP contribution in [0.15, 0.2) is 24.3 Å². The molecule has 0 fully saturated rings. The summed E-state index contributed by atoms with van der Waals surface area (Å²) in [5, 5.41) is 4.93. The number of hydrogen-bond donors (Lipinski definition) is 4. The number of nitrogens with two attached hydrogens (primary N) is 1. The minimum atomic E-state index is -0.509. The van der Waals surface area contributed by atoms with Crippen molar-refractivity contribution in [1.29, 1.82) is 0 Å². The Morgan fingerprint density at radius 3 is 2.72 bits per heavy atom. The second-order valence-corrected chi connectivity index (χ2v) is 3.30. The molecule has 0 aliphatic rings. The normalized spacial score (nSPS) is 9.44. The minimum absolute atomic E-state index is 0.195. The molecule has 0 saturated carbocycles. The maximum absolute atomic E-state index is 11.5. The zero-order valence-electron chi connectivity index (χ0n) is 10.0. The molecule has 1 rings (SSSR count). The number of benzene rings is 1. The highest BCUT2D eigenvalue weighted by atomic mass is 16.5. The van der Waals surface area contributed by atoms with Crippen molar-refractivity contribution in [2.75, 3.05) is 18.5 Å². The van der Waals surface area contributed by atoms with Crippen LogP contribution in [0.2, 0.25) is 0 Å². The molecule has 1 aromatic carbocycles. The summed E-state index contributed by atoms with van der Waals surface area (Å²) in [6, 6.07) is 6.51. The number of hydrogen-bond acceptors (Lipinski definition) is 4. The van der Waals surface area contributed by atoms with Crippen LogP contribution in [0.4, 0.5) is 10.5 Å². The van der Waals surface area contributed by atoms with E-state index in [4.69, 9.17) is 10.6 Å². The first-order valence-electron chi connectivity index (χ1n) is 5.43. The van der Waals surface area contributed by atoms with Gasteiger partial charge < -0.3 is 15.4 Å². The molecule has 1 aromatic rings. The summed E-state index contributed by atoms with van der Waals surface area (Å²) in [7, 11) is 0. The van der Waals surface area contributed by atoms with E-state index in [0.29, 0.717) is 18.0 Å². The summed E-state index contributed by atoms with van der Waals surface area (Å²) in [4.78, 5) is 22.3. The van der Waals surface area contributed by atoms with Crippen molar-refractivity contribution in [2.24, 2.45) is 5.84 Å². The van der Waals surface area contributed by atoms with Gasteiger partial charge in [-0.2, -0.15) is 0 Å². The van der Waals surface area contributed by atoms with Crippen molar-refractivity contribution in [3.05, 3.63) is 24.3 Å².